The number of piperidine rings is 1. The van der Waals surface area contributed by atoms with Crippen molar-refractivity contribution in [1.82, 2.24) is 15.1 Å². The Bertz CT molecular complexity index is 1080. The Balaban J connectivity index is 1.50. The van der Waals surface area contributed by atoms with Crippen LogP contribution < -0.4 is 15.5 Å². The topological polar surface area (TPSA) is 85.0 Å². The summed E-state index contributed by atoms with van der Waals surface area (Å²) in [4.78, 5) is 43.8. The van der Waals surface area contributed by atoms with Gasteiger partial charge < -0.3 is 25.3 Å². The molecule has 2 heterocycles. The number of likely N-dealkylation sites (N-methyl/N-ethyl adjacent to an activating group) is 1. The first-order valence-electron chi connectivity index (χ1n) is 11.2. The molecule has 8 nitrogen and oxygen atoms in total. The molecule has 2 aliphatic rings. The molecular formula is C24H27ClFN5O3. The lowest BCUT2D eigenvalue weighted by molar-refractivity contribution is -0.137. The Morgan fingerprint density at radius 2 is 1.82 bits per heavy atom. The third kappa shape index (κ3) is 4.65. The van der Waals surface area contributed by atoms with Crippen molar-refractivity contribution in [1.29, 1.82) is 0 Å². The monoisotopic (exact) mass is 487 g/mol. The average Bonchev–Trinajstić information content (AvgIpc) is 3.08. The number of anilines is 2. The lowest BCUT2D eigenvalue weighted by Crippen LogP contribution is -2.58. The number of rotatable bonds is 5. The maximum absolute atomic E-state index is 13.6. The Morgan fingerprint density at radius 1 is 1.12 bits per heavy atom. The highest BCUT2D eigenvalue weighted by Gasteiger charge is 2.54. The van der Waals surface area contributed by atoms with Crippen LogP contribution in [0.15, 0.2) is 48.5 Å². The molecule has 0 bridgehead atoms. The summed E-state index contributed by atoms with van der Waals surface area (Å²) in [5.74, 6) is -0.860. The molecule has 2 N–H and O–H groups in total. The molecule has 2 saturated heterocycles. The van der Waals surface area contributed by atoms with Crippen molar-refractivity contribution in [2.75, 3.05) is 43.1 Å². The number of hydrogen-bond donors (Lipinski definition) is 2. The van der Waals surface area contributed by atoms with Crippen LogP contribution in [-0.2, 0) is 9.59 Å². The molecule has 180 valence electrons. The number of nitrogens with one attached hydrogen (secondary N) is 2. The summed E-state index contributed by atoms with van der Waals surface area (Å²) in [6, 6.07) is 13.3. The fraction of sp³-hybridized carbons (Fsp3) is 0.375. The van der Waals surface area contributed by atoms with Gasteiger partial charge in [-0.15, -0.1) is 0 Å². The number of halogens is 2. The van der Waals surface area contributed by atoms with E-state index >= 15 is 0 Å². The number of amides is 4. The molecule has 2 fully saturated rings. The van der Waals surface area contributed by atoms with Gasteiger partial charge in [0, 0.05) is 31.0 Å². The molecule has 0 saturated carbocycles. The van der Waals surface area contributed by atoms with Crippen LogP contribution in [0.5, 0.6) is 0 Å². The van der Waals surface area contributed by atoms with Crippen molar-refractivity contribution in [2.24, 2.45) is 0 Å². The minimum atomic E-state index is -0.830. The van der Waals surface area contributed by atoms with Crippen molar-refractivity contribution in [2.45, 2.75) is 25.3 Å². The Kier molecular flexibility index (Phi) is 6.92. The van der Waals surface area contributed by atoms with Crippen molar-refractivity contribution in [3.63, 3.8) is 0 Å². The van der Waals surface area contributed by atoms with Crippen molar-refractivity contribution in [3.8, 4) is 0 Å². The standard InChI is InChI=1S/C24H27ClFN5O3/c1-2-27-21(32)15-30-16-31(18-6-4-3-5-7-18)24(22(30)33)10-12-29(13-11-24)23(34)28-17-8-9-20(26)19(25)14-17/h3-9,14H,2,10-13,15-16H2,1H3,(H,27,32)(H,28,34). The third-order valence-corrected chi connectivity index (χ3v) is 6.63. The van der Waals surface area contributed by atoms with Gasteiger partial charge in [-0.3, -0.25) is 9.59 Å². The minimum absolute atomic E-state index is 0.00666. The van der Waals surface area contributed by atoms with E-state index in [2.05, 4.69) is 10.6 Å². The number of likely N-dealkylation sites (tertiary alicyclic amines) is 1. The van der Waals surface area contributed by atoms with Gasteiger partial charge in [0.05, 0.1) is 11.7 Å². The molecule has 2 aromatic carbocycles. The van der Waals surface area contributed by atoms with E-state index in [1.54, 1.807) is 9.80 Å². The lowest BCUT2D eigenvalue weighted by Gasteiger charge is -2.43. The average molecular weight is 488 g/mol. The second-order valence-corrected chi connectivity index (χ2v) is 8.85. The zero-order valence-corrected chi connectivity index (χ0v) is 19.6. The summed E-state index contributed by atoms with van der Waals surface area (Å²) in [5.41, 5.74) is 0.463. The van der Waals surface area contributed by atoms with Gasteiger partial charge in [0.25, 0.3) is 5.91 Å². The fourth-order valence-electron chi connectivity index (χ4n) is 4.60. The highest BCUT2D eigenvalue weighted by Crippen LogP contribution is 2.39. The molecule has 0 unspecified atom stereocenters. The van der Waals surface area contributed by atoms with Gasteiger partial charge >= 0.3 is 6.03 Å². The van der Waals surface area contributed by atoms with Crippen LogP contribution in [0.3, 0.4) is 0 Å². The smallest absolute Gasteiger partial charge is 0.321 e. The summed E-state index contributed by atoms with van der Waals surface area (Å²) < 4.78 is 13.4. The predicted octanol–water partition coefficient (Wildman–Crippen LogP) is 3.29. The van der Waals surface area contributed by atoms with Crippen molar-refractivity contribution < 1.29 is 18.8 Å². The Morgan fingerprint density at radius 3 is 2.47 bits per heavy atom. The van der Waals surface area contributed by atoms with Crippen LogP contribution in [0.4, 0.5) is 20.6 Å². The SMILES string of the molecule is CCNC(=O)CN1CN(c2ccccc2)C2(CCN(C(=O)Nc3ccc(F)c(Cl)c3)CC2)C1=O. The number of carbonyl (C=O) groups excluding carboxylic acids is 3. The number of nitrogens with zero attached hydrogens (tertiary/aromatic N) is 3. The minimum Gasteiger partial charge on any atom is -0.355 e. The zero-order valence-electron chi connectivity index (χ0n) is 18.9. The van der Waals surface area contributed by atoms with Gasteiger partial charge in [-0.05, 0) is 50.1 Å². The molecular weight excluding hydrogens is 461 g/mol. The molecule has 0 aliphatic carbocycles. The number of carbonyl (C=O) groups is 3. The Hall–Kier alpha value is -3.33. The maximum atomic E-state index is 13.6. The first-order chi connectivity index (χ1) is 16.3. The molecule has 2 aliphatic heterocycles. The summed E-state index contributed by atoms with van der Waals surface area (Å²) in [7, 11) is 0. The molecule has 4 rings (SSSR count). The van der Waals surface area contributed by atoms with Gasteiger partial charge in [-0.25, -0.2) is 9.18 Å². The Labute approximate surface area is 202 Å². The summed E-state index contributed by atoms with van der Waals surface area (Å²) >= 11 is 5.81. The summed E-state index contributed by atoms with van der Waals surface area (Å²) in [6.07, 6.45) is 0.842. The van der Waals surface area contributed by atoms with Gasteiger partial charge in [0.2, 0.25) is 5.91 Å². The molecule has 10 heteroatoms. The van der Waals surface area contributed by atoms with Crippen LogP contribution in [-0.4, -0.2) is 66.0 Å². The zero-order chi connectivity index (χ0) is 24.3. The van der Waals surface area contributed by atoms with E-state index in [4.69, 9.17) is 11.6 Å². The normalized spacial score (nSPS) is 17.3. The summed E-state index contributed by atoms with van der Waals surface area (Å²) in [5, 5.41) is 5.41. The van der Waals surface area contributed by atoms with Crippen molar-refractivity contribution >= 4 is 40.8 Å². The highest BCUT2D eigenvalue weighted by atomic mass is 35.5. The van der Waals surface area contributed by atoms with E-state index in [-0.39, 0.29) is 29.4 Å². The predicted molar refractivity (Wildman–Crippen MR) is 128 cm³/mol. The molecule has 34 heavy (non-hydrogen) atoms. The molecule has 0 radical (unpaired) electrons. The second kappa shape index (κ2) is 9.89. The number of para-hydroxylation sites is 1. The van der Waals surface area contributed by atoms with Gasteiger partial charge in [-0.1, -0.05) is 29.8 Å². The molecule has 0 aromatic heterocycles. The third-order valence-electron chi connectivity index (χ3n) is 6.34. The number of hydrogen-bond acceptors (Lipinski definition) is 4. The van der Waals surface area contributed by atoms with Crippen molar-refractivity contribution in [3.05, 3.63) is 59.4 Å². The molecule has 0 atom stereocenters. The van der Waals surface area contributed by atoms with Crippen LogP contribution in [0, 0.1) is 5.82 Å². The van der Waals surface area contributed by atoms with Crippen LogP contribution in [0.2, 0.25) is 5.02 Å². The van der Waals surface area contributed by atoms with E-state index in [0.717, 1.165) is 5.69 Å². The molecule has 1 spiro atoms. The highest BCUT2D eigenvalue weighted by molar-refractivity contribution is 6.31. The largest absolute Gasteiger partial charge is 0.355 e. The van der Waals surface area contributed by atoms with Gasteiger partial charge in [-0.2, -0.15) is 0 Å². The number of urea groups is 1. The van der Waals surface area contributed by atoms with E-state index in [1.807, 2.05) is 42.2 Å². The summed E-state index contributed by atoms with van der Waals surface area (Å²) in [6.45, 7) is 3.34. The molecule has 2 aromatic rings. The van der Waals surface area contributed by atoms with Gasteiger partial charge in [0.15, 0.2) is 0 Å². The maximum Gasteiger partial charge on any atom is 0.321 e. The van der Waals surface area contributed by atoms with Crippen LogP contribution in [0.25, 0.3) is 0 Å². The van der Waals surface area contributed by atoms with Crippen LogP contribution in [0.1, 0.15) is 19.8 Å². The second-order valence-electron chi connectivity index (χ2n) is 8.44. The first kappa shape index (κ1) is 23.8. The first-order valence-corrected chi connectivity index (χ1v) is 11.6. The van der Waals surface area contributed by atoms with Crippen LogP contribution >= 0.6 is 11.6 Å². The van der Waals surface area contributed by atoms with E-state index in [1.165, 1.54) is 18.2 Å². The van der Waals surface area contributed by atoms with E-state index in [9.17, 15) is 18.8 Å². The number of benzene rings is 2. The van der Waals surface area contributed by atoms with E-state index < -0.39 is 11.4 Å². The lowest BCUT2D eigenvalue weighted by atomic mass is 9.85. The molecule has 4 amide bonds. The van der Waals surface area contributed by atoms with E-state index in [0.29, 0.717) is 44.8 Å². The quantitative estimate of drug-likeness (QED) is 0.677. The fourth-order valence-corrected chi connectivity index (χ4v) is 4.79. The van der Waals surface area contributed by atoms with Gasteiger partial charge in [0.1, 0.15) is 17.9 Å².